The van der Waals surface area contributed by atoms with Crippen molar-refractivity contribution < 1.29 is 18.7 Å². The first-order chi connectivity index (χ1) is 8.71. The molecule has 0 saturated carbocycles. The van der Waals surface area contributed by atoms with Gasteiger partial charge in [0.05, 0.1) is 23.9 Å². The van der Waals surface area contributed by atoms with E-state index in [9.17, 15) is 14.0 Å². The number of aldehydes is 2. The third-order valence-corrected chi connectivity index (χ3v) is 2.90. The Morgan fingerprint density at radius 2 is 2.11 bits per heavy atom. The molecule has 1 aliphatic heterocycles. The van der Waals surface area contributed by atoms with Crippen molar-refractivity contribution in [1.29, 1.82) is 0 Å². The maximum Gasteiger partial charge on any atom is 0.155 e. The molecule has 1 heterocycles. The number of carbonyl (C=O) groups excluding carboxylic acids is 2. The Morgan fingerprint density at radius 1 is 1.33 bits per heavy atom. The fourth-order valence-electron chi connectivity index (χ4n) is 1.93. The highest BCUT2D eigenvalue weighted by atomic mass is 19.1. The van der Waals surface area contributed by atoms with Gasteiger partial charge < -0.3 is 9.64 Å². The average Bonchev–Trinajstić information content (AvgIpc) is 2.87. The SMILES string of the molecule is COC1=CN(c2ccc(C=O)c(F)c2C=O)CC1. The number of methoxy groups -OCH3 is 1. The summed E-state index contributed by atoms with van der Waals surface area (Å²) in [5.41, 5.74) is 0.226. The Morgan fingerprint density at radius 3 is 2.67 bits per heavy atom. The van der Waals surface area contributed by atoms with Crippen LogP contribution >= 0.6 is 0 Å². The van der Waals surface area contributed by atoms with Gasteiger partial charge >= 0.3 is 0 Å². The third kappa shape index (κ3) is 1.99. The van der Waals surface area contributed by atoms with Crippen LogP contribution in [-0.2, 0) is 4.74 Å². The molecule has 0 N–H and O–H groups in total. The molecule has 0 saturated heterocycles. The summed E-state index contributed by atoms with van der Waals surface area (Å²) in [6.45, 7) is 0.615. The van der Waals surface area contributed by atoms with Gasteiger partial charge in [0.15, 0.2) is 12.6 Å². The molecule has 0 radical (unpaired) electrons. The van der Waals surface area contributed by atoms with Gasteiger partial charge in [0.25, 0.3) is 0 Å². The van der Waals surface area contributed by atoms with E-state index in [1.54, 1.807) is 24.3 Å². The second-order valence-electron chi connectivity index (χ2n) is 3.88. The van der Waals surface area contributed by atoms with Gasteiger partial charge in [-0.25, -0.2) is 4.39 Å². The fourth-order valence-corrected chi connectivity index (χ4v) is 1.93. The predicted octanol–water partition coefficient (Wildman–Crippen LogP) is 2.15. The first-order valence-corrected chi connectivity index (χ1v) is 5.45. The highest BCUT2D eigenvalue weighted by Crippen LogP contribution is 2.28. The molecule has 94 valence electrons. The van der Waals surface area contributed by atoms with E-state index < -0.39 is 5.82 Å². The quantitative estimate of drug-likeness (QED) is 0.767. The zero-order valence-electron chi connectivity index (χ0n) is 9.85. The molecule has 1 aromatic carbocycles. The number of rotatable bonds is 4. The number of hydrogen-bond acceptors (Lipinski definition) is 4. The van der Waals surface area contributed by atoms with Crippen LogP contribution in [0.2, 0.25) is 0 Å². The van der Waals surface area contributed by atoms with Gasteiger partial charge in [-0.1, -0.05) is 0 Å². The average molecular weight is 249 g/mol. The summed E-state index contributed by atoms with van der Waals surface area (Å²) in [4.78, 5) is 23.4. The zero-order chi connectivity index (χ0) is 13.1. The number of anilines is 1. The molecular formula is C13H12FNO3. The first kappa shape index (κ1) is 12.3. The smallest absolute Gasteiger partial charge is 0.155 e. The van der Waals surface area contributed by atoms with Crippen molar-refractivity contribution in [3.05, 3.63) is 41.0 Å². The van der Waals surface area contributed by atoms with Crippen LogP contribution in [0.25, 0.3) is 0 Å². The summed E-state index contributed by atoms with van der Waals surface area (Å²) in [6, 6.07) is 2.93. The van der Waals surface area contributed by atoms with Crippen molar-refractivity contribution in [1.82, 2.24) is 0 Å². The number of halogens is 1. The fraction of sp³-hybridized carbons (Fsp3) is 0.231. The van der Waals surface area contributed by atoms with Crippen LogP contribution < -0.4 is 4.90 Å². The van der Waals surface area contributed by atoms with Gasteiger partial charge in [-0.2, -0.15) is 0 Å². The molecule has 4 nitrogen and oxygen atoms in total. The van der Waals surface area contributed by atoms with Gasteiger partial charge in [0.2, 0.25) is 0 Å². The summed E-state index contributed by atoms with van der Waals surface area (Å²) in [5, 5.41) is 0. The summed E-state index contributed by atoms with van der Waals surface area (Å²) in [7, 11) is 1.56. The zero-order valence-corrected chi connectivity index (χ0v) is 9.85. The van der Waals surface area contributed by atoms with E-state index in [2.05, 4.69) is 0 Å². The number of ether oxygens (including phenoxy) is 1. The summed E-state index contributed by atoms with van der Waals surface area (Å²) in [5.74, 6) is -0.0107. The van der Waals surface area contributed by atoms with E-state index in [1.165, 1.54) is 6.07 Å². The van der Waals surface area contributed by atoms with Gasteiger partial charge in [0, 0.05) is 19.2 Å². The van der Waals surface area contributed by atoms with Crippen molar-refractivity contribution in [3.8, 4) is 0 Å². The van der Waals surface area contributed by atoms with E-state index in [1.807, 2.05) is 0 Å². The predicted molar refractivity (Wildman–Crippen MR) is 64.2 cm³/mol. The molecule has 0 fully saturated rings. The van der Waals surface area contributed by atoms with Gasteiger partial charge in [-0.3, -0.25) is 9.59 Å². The Labute approximate surface area is 104 Å². The monoisotopic (exact) mass is 249 g/mol. The minimum Gasteiger partial charge on any atom is -0.500 e. The number of carbonyl (C=O) groups is 2. The van der Waals surface area contributed by atoms with Crippen LogP contribution in [0.15, 0.2) is 24.1 Å². The molecule has 0 atom stereocenters. The molecule has 1 aromatic rings. The summed E-state index contributed by atoms with van der Waals surface area (Å²) >= 11 is 0. The van der Waals surface area contributed by atoms with E-state index in [0.717, 1.165) is 5.76 Å². The number of benzene rings is 1. The lowest BCUT2D eigenvalue weighted by atomic mass is 10.1. The van der Waals surface area contributed by atoms with E-state index >= 15 is 0 Å². The highest BCUT2D eigenvalue weighted by molar-refractivity contribution is 5.90. The first-order valence-electron chi connectivity index (χ1n) is 5.45. The topological polar surface area (TPSA) is 46.6 Å². The molecule has 18 heavy (non-hydrogen) atoms. The lowest BCUT2D eigenvalue weighted by Crippen LogP contribution is -2.15. The molecule has 1 aliphatic rings. The minimum absolute atomic E-state index is 0.104. The largest absolute Gasteiger partial charge is 0.500 e. The Bertz CT molecular complexity index is 525. The van der Waals surface area contributed by atoms with E-state index in [-0.39, 0.29) is 11.1 Å². The van der Waals surface area contributed by atoms with E-state index in [0.29, 0.717) is 31.2 Å². The summed E-state index contributed by atoms with van der Waals surface area (Å²) < 4.78 is 18.9. The lowest BCUT2D eigenvalue weighted by Gasteiger charge is -2.17. The second kappa shape index (κ2) is 5.00. The van der Waals surface area contributed by atoms with Gasteiger partial charge in [0.1, 0.15) is 11.6 Å². The van der Waals surface area contributed by atoms with Crippen LogP contribution in [0.5, 0.6) is 0 Å². The number of hydrogen-bond donors (Lipinski definition) is 0. The van der Waals surface area contributed by atoms with Crippen LogP contribution in [-0.4, -0.2) is 26.2 Å². The van der Waals surface area contributed by atoms with Gasteiger partial charge in [-0.05, 0) is 12.1 Å². The number of nitrogens with zero attached hydrogens (tertiary/aromatic N) is 1. The van der Waals surface area contributed by atoms with Crippen LogP contribution in [0.1, 0.15) is 27.1 Å². The molecule has 0 aliphatic carbocycles. The van der Waals surface area contributed by atoms with E-state index in [4.69, 9.17) is 4.74 Å². The van der Waals surface area contributed by atoms with Crippen molar-refractivity contribution in [2.45, 2.75) is 6.42 Å². The molecule has 0 unspecified atom stereocenters. The second-order valence-corrected chi connectivity index (χ2v) is 3.88. The maximum atomic E-state index is 13.8. The Balaban J connectivity index is 2.46. The normalized spacial score (nSPS) is 14.3. The van der Waals surface area contributed by atoms with Crippen LogP contribution in [0, 0.1) is 5.82 Å². The van der Waals surface area contributed by atoms with Crippen molar-refractivity contribution in [3.63, 3.8) is 0 Å². The van der Waals surface area contributed by atoms with Gasteiger partial charge in [-0.15, -0.1) is 0 Å². The van der Waals surface area contributed by atoms with Crippen molar-refractivity contribution in [2.75, 3.05) is 18.6 Å². The molecule has 0 amide bonds. The highest BCUT2D eigenvalue weighted by Gasteiger charge is 2.20. The minimum atomic E-state index is -0.781. The molecule has 2 rings (SSSR count). The van der Waals surface area contributed by atoms with Crippen LogP contribution in [0.4, 0.5) is 10.1 Å². The van der Waals surface area contributed by atoms with Crippen molar-refractivity contribution in [2.24, 2.45) is 0 Å². The van der Waals surface area contributed by atoms with Crippen molar-refractivity contribution >= 4 is 18.3 Å². The molecular weight excluding hydrogens is 237 g/mol. The third-order valence-electron chi connectivity index (χ3n) is 2.90. The Hall–Kier alpha value is -2.17. The molecule has 0 bridgehead atoms. The summed E-state index contributed by atoms with van der Waals surface area (Å²) in [6.07, 6.45) is 3.25. The van der Waals surface area contributed by atoms with Crippen LogP contribution in [0.3, 0.4) is 0 Å². The lowest BCUT2D eigenvalue weighted by molar-refractivity contribution is 0.111. The molecule has 0 spiro atoms. The molecule has 5 heteroatoms. The Kier molecular flexibility index (Phi) is 3.41. The standard InChI is InChI=1S/C13H12FNO3/c1-18-10-4-5-15(6-10)12-3-2-9(7-16)13(14)11(12)8-17/h2-3,6-8H,4-5H2,1H3. The molecule has 0 aromatic heterocycles. The maximum absolute atomic E-state index is 13.8.